The topological polar surface area (TPSA) is 113 Å². The standard InChI is InChI=1S/C17H23N5O4/c1-17(2,3)26-16(23)18-10-12-5-4-8-21(12)15-19-13-7-6-11(22(24)25)9-14(13)20-15/h6-7,9,12H,4-5,8,10H2,1-3H3,(H,18,23)(H,19,20). The van der Waals surface area contributed by atoms with E-state index in [9.17, 15) is 14.9 Å². The number of benzene rings is 1. The molecule has 9 heteroatoms. The molecule has 0 bridgehead atoms. The number of hydrogen-bond donors (Lipinski definition) is 2. The summed E-state index contributed by atoms with van der Waals surface area (Å²) in [5.41, 5.74) is 0.793. The van der Waals surface area contributed by atoms with Crippen molar-refractivity contribution in [3.05, 3.63) is 28.3 Å². The van der Waals surface area contributed by atoms with Crippen LogP contribution in [0.1, 0.15) is 33.6 Å². The minimum atomic E-state index is -0.535. The predicted octanol–water partition coefficient (Wildman–Crippen LogP) is 2.96. The molecular weight excluding hydrogens is 338 g/mol. The highest BCUT2D eigenvalue weighted by atomic mass is 16.6. The molecule has 0 aliphatic carbocycles. The first-order valence-electron chi connectivity index (χ1n) is 8.60. The van der Waals surface area contributed by atoms with E-state index in [-0.39, 0.29) is 11.7 Å². The molecule has 1 aromatic heterocycles. The van der Waals surface area contributed by atoms with E-state index in [1.807, 2.05) is 20.8 Å². The summed E-state index contributed by atoms with van der Waals surface area (Å²) >= 11 is 0. The van der Waals surface area contributed by atoms with Crippen LogP contribution in [0.15, 0.2) is 18.2 Å². The molecule has 1 amide bonds. The van der Waals surface area contributed by atoms with Crippen molar-refractivity contribution in [2.24, 2.45) is 0 Å². The summed E-state index contributed by atoms with van der Waals surface area (Å²) in [7, 11) is 0. The van der Waals surface area contributed by atoms with Gasteiger partial charge in [0.25, 0.3) is 5.69 Å². The second-order valence-electron chi connectivity index (χ2n) is 7.39. The molecule has 0 saturated carbocycles. The molecule has 1 fully saturated rings. The average molecular weight is 361 g/mol. The molecule has 1 aromatic carbocycles. The minimum absolute atomic E-state index is 0.0252. The Bertz CT molecular complexity index is 826. The molecule has 1 aliphatic rings. The van der Waals surface area contributed by atoms with Gasteiger partial charge in [0.15, 0.2) is 0 Å². The molecule has 26 heavy (non-hydrogen) atoms. The van der Waals surface area contributed by atoms with Crippen LogP contribution >= 0.6 is 0 Å². The van der Waals surface area contributed by atoms with Gasteiger partial charge in [-0.15, -0.1) is 0 Å². The van der Waals surface area contributed by atoms with Gasteiger partial charge in [0.05, 0.1) is 16.0 Å². The molecule has 1 aliphatic heterocycles. The van der Waals surface area contributed by atoms with Crippen LogP contribution in [0.2, 0.25) is 0 Å². The number of rotatable bonds is 4. The molecule has 0 radical (unpaired) electrons. The molecule has 140 valence electrons. The largest absolute Gasteiger partial charge is 0.444 e. The lowest BCUT2D eigenvalue weighted by Gasteiger charge is -2.25. The first-order chi connectivity index (χ1) is 12.2. The summed E-state index contributed by atoms with van der Waals surface area (Å²) in [5.74, 6) is 0.661. The maximum Gasteiger partial charge on any atom is 0.407 e. The molecule has 2 N–H and O–H groups in total. The number of hydrogen-bond acceptors (Lipinski definition) is 6. The summed E-state index contributed by atoms with van der Waals surface area (Å²) in [5, 5.41) is 13.7. The first kappa shape index (κ1) is 18.0. The summed E-state index contributed by atoms with van der Waals surface area (Å²) in [4.78, 5) is 32.1. The number of carbonyl (C=O) groups is 1. The van der Waals surface area contributed by atoms with Gasteiger partial charge in [-0.1, -0.05) is 0 Å². The van der Waals surface area contributed by atoms with E-state index < -0.39 is 16.6 Å². The second-order valence-corrected chi connectivity index (χ2v) is 7.39. The average Bonchev–Trinajstić information content (AvgIpc) is 3.16. The van der Waals surface area contributed by atoms with Gasteiger partial charge in [-0.05, 0) is 39.7 Å². The van der Waals surface area contributed by atoms with Gasteiger partial charge in [-0.3, -0.25) is 10.1 Å². The number of aromatic nitrogens is 2. The van der Waals surface area contributed by atoms with Gasteiger partial charge in [-0.25, -0.2) is 9.78 Å². The van der Waals surface area contributed by atoms with Crippen LogP contribution in [-0.2, 0) is 4.74 Å². The Morgan fingerprint density at radius 2 is 2.27 bits per heavy atom. The normalized spacial score (nSPS) is 17.5. The molecule has 1 unspecified atom stereocenters. The summed E-state index contributed by atoms with van der Waals surface area (Å²) in [6.07, 6.45) is 1.47. The summed E-state index contributed by atoms with van der Waals surface area (Å²) in [6, 6.07) is 4.66. The van der Waals surface area contributed by atoms with E-state index in [1.165, 1.54) is 12.1 Å². The smallest absolute Gasteiger partial charge is 0.407 e. The molecule has 3 rings (SSSR count). The third-order valence-electron chi connectivity index (χ3n) is 4.19. The summed E-state index contributed by atoms with van der Waals surface area (Å²) in [6.45, 7) is 6.72. The zero-order valence-electron chi connectivity index (χ0n) is 15.1. The van der Waals surface area contributed by atoms with Crippen molar-refractivity contribution in [2.45, 2.75) is 45.3 Å². The molecular formula is C17H23N5O4. The molecule has 2 aromatic rings. The quantitative estimate of drug-likeness (QED) is 0.639. The van der Waals surface area contributed by atoms with E-state index >= 15 is 0 Å². The van der Waals surface area contributed by atoms with Gasteiger partial charge in [0.2, 0.25) is 5.95 Å². The molecule has 0 spiro atoms. The monoisotopic (exact) mass is 361 g/mol. The van der Waals surface area contributed by atoms with Gasteiger partial charge < -0.3 is 19.9 Å². The van der Waals surface area contributed by atoms with E-state index in [1.54, 1.807) is 6.07 Å². The third-order valence-corrected chi connectivity index (χ3v) is 4.19. The van der Waals surface area contributed by atoms with Gasteiger partial charge in [-0.2, -0.15) is 0 Å². The number of H-pyrrole nitrogens is 1. The number of amides is 1. The number of carbonyl (C=O) groups excluding carboxylic acids is 1. The first-order valence-corrected chi connectivity index (χ1v) is 8.60. The highest BCUT2D eigenvalue weighted by Crippen LogP contribution is 2.27. The van der Waals surface area contributed by atoms with Crippen LogP contribution in [0.25, 0.3) is 11.0 Å². The fourth-order valence-corrected chi connectivity index (χ4v) is 3.08. The van der Waals surface area contributed by atoms with Crippen molar-refractivity contribution in [2.75, 3.05) is 18.0 Å². The van der Waals surface area contributed by atoms with E-state index in [0.29, 0.717) is 23.5 Å². The fourth-order valence-electron chi connectivity index (χ4n) is 3.08. The molecule has 9 nitrogen and oxygen atoms in total. The van der Waals surface area contributed by atoms with Crippen molar-refractivity contribution >= 4 is 28.8 Å². The van der Waals surface area contributed by atoms with Crippen LogP contribution in [0.3, 0.4) is 0 Å². The number of aromatic amines is 1. The number of imidazole rings is 1. The van der Waals surface area contributed by atoms with Gasteiger partial charge in [0.1, 0.15) is 5.60 Å². The third kappa shape index (κ3) is 4.04. The minimum Gasteiger partial charge on any atom is -0.444 e. The van der Waals surface area contributed by atoms with Gasteiger partial charge >= 0.3 is 6.09 Å². The molecule has 1 atom stereocenters. The highest BCUT2D eigenvalue weighted by Gasteiger charge is 2.28. The van der Waals surface area contributed by atoms with Crippen LogP contribution in [0, 0.1) is 10.1 Å². The van der Waals surface area contributed by atoms with Crippen LogP contribution in [-0.4, -0.2) is 45.7 Å². The lowest BCUT2D eigenvalue weighted by atomic mass is 10.2. The zero-order valence-corrected chi connectivity index (χ0v) is 15.1. The van der Waals surface area contributed by atoms with Crippen LogP contribution < -0.4 is 10.2 Å². The number of ether oxygens (including phenoxy) is 1. The number of nitrogens with zero attached hydrogens (tertiary/aromatic N) is 3. The van der Waals surface area contributed by atoms with Crippen LogP contribution in [0.4, 0.5) is 16.4 Å². The van der Waals surface area contributed by atoms with Gasteiger partial charge in [0, 0.05) is 31.3 Å². The fraction of sp³-hybridized carbons (Fsp3) is 0.529. The van der Waals surface area contributed by atoms with E-state index in [4.69, 9.17) is 4.74 Å². The maximum absolute atomic E-state index is 11.9. The maximum atomic E-state index is 11.9. The van der Waals surface area contributed by atoms with Crippen LogP contribution in [0.5, 0.6) is 0 Å². The number of nitro benzene ring substituents is 1. The van der Waals surface area contributed by atoms with Crippen molar-refractivity contribution in [1.82, 2.24) is 15.3 Å². The van der Waals surface area contributed by atoms with Crippen molar-refractivity contribution in [3.8, 4) is 0 Å². The Balaban J connectivity index is 1.70. The van der Waals surface area contributed by atoms with E-state index in [0.717, 1.165) is 19.4 Å². The zero-order chi connectivity index (χ0) is 18.9. The lowest BCUT2D eigenvalue weighted by molar-refractivity contribution is -0.384. The number of alkyl carbamates (subject to hydrolysis) is 1. The molecule has 2 heterocycles. The van der Waals surface area contributed by atoms with Crippen molar-refractivity contribution in [3.63, 3.8) is 0 Å². The summed E-state index contributed by atoms with van der Waals surface area (Å²) < 4.78 is 5.27. The second kappa shape index (κ2) is 6.81. The molecule has 1 saturated heterocycles. The Hall–Kier alpha value is -2.84. The Morgan fingerprint density at radius 3 is 2.96 bits per heavy atom. The van der Waals surface area contributed by atoms with E-state index in [2.05, 4.69) is 20.2 Å². The Kier molecular flexibility index (Phi) is 4.71. The Morgan fingerprint density at radius 1 is 1.50 bits per heavy atom. The number of anilines is 1. The predicted molar refractivity (Wildman–Crippen MR) is 97.4 cm³/mol. The lowest BCUT2D eigenvalue weighted by Crippen LogP contribution is -2.42. The highest BCUT2D eigenvalue weighted by molar-refractivity contribution is 5.80. The Labute approximate surface area is 150 Å². The van der Waals surface area contributed by atoms with Crippen molar-refractivity contribution in [1.29, 1.82) is 0 Å². The number of nitro groups is 1. The number of nitrogens with one attached hydrogen (secondary N) is 2. The SMILES string of the molecule is CC(C)(C)OC(=O)NCC1CCCN1c1nc2ccc([N+](=O)[O-])cc2[nH]1. The van der Waals surface area contributed by atoms with Crippen molar-refractivity contribution < 1.29 is 14.5 Å². The number of fused-ring (bicyclic) bond motifs is 1. The number of non-ortho nitro benzene ring substituents is 1.